The van der Waals surface area contributed by atoms with Gasteiger partial charge in [0.05, 0.1) is 18.4 Å². The van der Waals surface area contributed by atoms with Gasteiger partial charge in [-0.2, -0.15) is 5.10 Å². The molecule has 5 nitrogen and oxygen atoms in total. The molecule has 1 aromatic carbocycles. The van der Waals surface area contributed by atoms with E-state index in [0.717, 1.165) is 24.9 Å². The van der Waals surface area contributed by atoms with Crippen molar-refractivity contribution in [3.8, 4) is 0 Å². The van der Waals surface area contributed by atoms with E-state index in [9.17, 15) is 4.79 Å². The number of hydrazone groups is 1. The average molecular weight is 494 g/mol. The van der Waals surface area contributed by atoms with Crippen molar-refractivity contribution in [1.82, 2.24) is 5.43 Å². The number of benzene rings is 1. The summed E-state index contributed by atoms with van der Waals surface area (Å²) in [5.74, 6) is 1.12. The third-order valence-corrected chi connectivity index (χ3v) is 5.09. The first-order valence-corrected chi connectivity index (χ1v) is 8.60. The minimum absolute atomic E-state index is 0.0984. The number of carbonyl (C=O) groups is 1. The first-order chi connectivity index (χ1) is 10.5. The van der Waals surface area contributed by atoms with Crippen molar-refractivity contribution >= 4 is 65.6 Å². The second-order valence-electron chi connectivity index (χ2n) is 4.34. The lowest BCUT2D eigenvalue weighted by Crippen LogP contribution is -2.26. The van der Waals surface area contributed by atoms with Gasteiger partial charge in [-0.15, -0.1) is 0 Å². The maximum absolute atomic E-state index is 11.7. The summed E-state index contributed by atoms with van der Waals surface area (Å²) >= 11 is 10.3. The molecule has 0 radical (unpaired) electrons. The van der Waals surface area contributed by atoms with Crippen LogP contribution in [0.25, 0.3) is 0 Å². The van der Waals surface area contributed by atoms with E-state index >= 15 is 0 Å². The standard InChI is InChI=1S/C14H12Br3N3O2/c1-8-2-3-9(22-8)6-19-20-14(21)7-18-13-5-11(16)10(15)4-12(13)17/h2-6,18H,7H2,1H3,(H,20,21)/b19-6-. The van der Waals surface area contributed by atoms with Crippen molar-refractivity contribution in [1.29, 1.82) is 0 Å². The van der Waals surface area contributed by atoms with Crippen LogP contribution in [-0.2, 0) is 4.79 Å². The number of nitrogens with zero attached hydrogens (tertiary/aromatic N) is 1. The monoisotopic (exact) mass is 491 g/mol. The number of halogens is 3. The third kappa shape index (κ3) is 4.96. The van der Waals surface area contributed by atoms with E-state index in [4.69, 9.17) is 4.42 Å². The van der Waals surface area contributed by atoms with Gasteiger partial charge in [0.2, 0.25) is 0 Å². The van der Waals surface area contributed by atoms with Gasteiger partial charge in [-0.05, 0) is 79.0 Å². The minimum atomic E-state index is -0.259. The van der Waals surface area contributed by atoms with Gasteiger partial charge in [-0.1, -0.05) is 0 Å². The molecule has 2 aromatic rings. The summed E-state index contributed by atoms with van der Waals surface area (Å²) in [6.45, 7) is 1.94. The molecule has 2 rings (SSSR count). The van der Waals surface area contributed by atoms with E-state index in [-0.39, 0.29) is 12.5 Å². The molecule has 2 N–H and O–H groups in total. The molecule has 0 aliphatic rings. The average Bonchev–Trinajstić information content (AvgIpc) is 2.87. The molecule has 0 saturated heterocycles. The summed E-state index contributed by atoms with van der Waals surface area (Å²) in [5.41, 5.74) is 3.23. The quantitative estimate of drug-likeness (QED) is 0.368. The molecule has 0 atom stereocenters. The van der Waals surface area contributed by atoms with E-state index in [1.807, 2.05) is 25.1 Å². The highest BCUT2D eigenvalue weighted by molar-refractivity contribution is 9.13. The van der Waals surface area contributed by atoms with Gasteiger partial charge in [-0.3, -0.25) is 4.79 Å². The molecule has 0 aliphatic carbocycles. The van der Waals surface area contributed by atoms with Gasteiger partial charge in [0, 0.05) is 13.4 Å². The molecule has 0 saturated carbocycles. The van der Waals surface area contributed by atoms with Crippen LogP contribution in [0.4, 0.5) is 5.69 Å². The Morgan fingerprint density at radius 1 is 1.23 bits per heavy atom. The van der Waals surface area contributed by atoms with Gasteiger partial charge < -0.3 is 9.73 Å². The molecule has 0 bridgehead atoms. The molecule has 8 heteroatoms. The summed E-state index contributed by atoms with van der Waals surface area (Å²) in [4.78, 5) is 11.7. The predicted molar refractivity (Wildman–Crippen MR) is 97.2 cm³/mol. The van der Waals surface area contributed by atoms with Crippen molar-refractivity contribution in [2.24, 2.45) is 5.10 Å². The normalized spacial score (nSPS) is 10.9. The second-order valence-corrected chi connectivity index (χ2v) is 6.90. The van der Waals surface area contributed by atoms with E-state index in [2.05, 4.69) is 63.6 Å². The van der Waals surface area contributed by atoms with Crippen LogP contribution in [0.5, 0.6) is 0 Å². The van der Waals surface area contributed by atoms with E-state index < -0.39 is 0 Å². The van der Waals surface area contributed by atoms with Crippen LogP contribution < -0.4 is 10.7 Å². The predicted octanol–water partition coefficient (Wildman–Crippen LogP) is 4.44. The first-order valence-electron chi connectivity index (χ1n) is 6.22. The summed E-state index contributed by atoms with van der Waals surface area (Å²) in [5, 5.41) is 6.86. The molecule has 1 heterocycles. The van der Waals surface area contributed by atoms with Crippen LogP contribution in [0.2, 0.25) is 0 Å². The lowest BCUT2D eigenvalue weighted by atomic mass is 10.3. The van der Waals surface area contributed by atoms with Crippen LogP contribution in [0, 0.1) is 6.92 Å². The number of rotatable bonds is 5. The summed E-state index contributed by atoms with van der Waals surface area (Å²) in [7, 11) is 0. The zero-order chi connectivity index (χ0) is 16.1. The molecule has 0 spiro atoms. The van der Waals surface area contributed by atoms with Gasteiger partial charge in [0.1, 0.15) is 11.5 Å². The number of aryl methyl sites for hydroxylation is 1. The van der Waals surface area contributed by atoms with Crippen molar-refractivity contribution in [2.75, 3.05) is 11.9 Å². The smallest absolute Gasteiger partial charge is 0.259 e. The summed E-state index contributed by atoms with van der Waals surface area (Å²) in [6, 6.07) is 7.37. The fourth-order valence-electron chi connectivity index (χ4n) is 1.56. The lowest BCUT2D eigenvalue weighted by molar-refractivity contribution is -0.119. The second kappa shape index (κ2) is 7.94. The van der Waals surface area contributed by atoms with E-state index in [1.54, 1.807) is 6.07 Å². The van der Waals surface area contributed by atoms with Crippen molar-refractivity contribution in [2.45, 2.75) is 6.92 Å². The van der Waals surface area contributed by atoms with Crippen LogP contribution in [0.15, 0.2) is 47.2 Å². The lowest BCUT2D eigenvalue weighted by Gasteiger charge is -2.09. The molecule has 1 amide bonds. The van der Waals surface area contributed by atoms with Gasteiger partial charge in [-0.25, -0.2) is 5.43 Å². The molecular weight excluding hydrogens is 482 g/mol. The number of furan rings is 1. The summed E-state index contributed by atoms with van der Waals surface area (Å²) in [6.07, 6.45) is 1.46. The highest BCUT2D eigenvalue weighted by Crippen LogP contribution is 2.32. The third-order valence-electron chi connectivity index (χ3n) is 2.59. The topological polar surface area (TPSA) is 66.6 Å². The van der Waals surface area contributed by atoms with Gasteiger partial charge in [0.15, 0.2) is 0 Å². The van der Waals surface area contributed by atoms with Crippen LogP contribution in [0.1, 0.15) is 11.5 Å². The Morgan fingerprint density at radius 2 is 1.95 bits per heavy atom. The van der Waals surface area contributed by atoms with E-state index in [1.165, 1.54) is 6.21 Å². The number of amides is 1. The van der Waals surface area contributed by atoms with Crippen LogP contribution >= 0.6 is 47.8 Å². The molecule has 1 aromatic heterocycles. The number of carbonyl (C=O) groups excluding carboxylic acids is 1. The zero-order valence-corrected chi connectivity index (χ0v) is 16.2. The fourth-order valence-corrected chi connectivity index (χ4v) is 3.04. The Morgan fingerprint density at radius 3 is 2.64 bits per heavy atom. The molecule has 0 fully saturated rings. The Kier molecular flexibility index (Phi) is 6.22. The maximum atomic E-state index is 11.7. The van der Waals surface area contributed by atoms with Crippen molar-refractivity contribution in [3.63, 3.8) is 0 Å². The van der Waals surface area contributed by atoms with Crippen molar-refractivity contribution < 1.29 is 9.21 Å². The van der Waals surface area contributed by atoms with Gasteiger partial charge in [0.25, 0.3) is 5.91 Å². The first kappa shape index (κ1) is 17.2. The maximum Gasteiger partial charge on any atom is 0.259 e. The van der Waals surface area contributed by atoms with Crippen molar-refractivity contribution in [3.05, 3.63) is 49.2 Å². The van der Waals surface area contributed by atoms with Crippen LogP contribution in [-0.4, -0.2) is 18.7 Å². The SMILES string of the molecule is Cc1ccc(/C=N\NC(=O)CNc2cc(Br)c(Br)cc2Br)o1. The number of hydrogen-bond donors (Lipinski definition) is 2. The Bertz CT molecular complexity index is 713. The minimum Gasteiger partial charge on any atom is -0.460 e. The molecular formula is C14H12Br3N3O2. The molecule has 116 valence electrons. The molecule has 22 heavy (non-hydrogen) atoms. The largest absolute Gasteiger partial charge is 0.460 e. The fraction of sp³-hybridized carbons (Fsp3) is 0.143. The van der Waals surface area contributed by atoms with E-state index in [0.29, 0.717) is 5.76 Å². The summed E-state index contributed by atoms with van der Waals surface area (Å²) < 4.78 is 7.97. The van der Waals surface area contributed by atoms with Gasteiger partial charge >= 0.3 is 0 Å². The number of anilines is 1. The Hall–Kier alpha value is -1.12. The highest BCUT2D eigenvalue weighted by atomic mass is 79.9. The highest BCUT2D eigenvalue weighted by Gasteiger charge is 2.06. The van der Waals surface area contributed by atoms with Crippen LogP contribution in [0.3, 0.4) is 0 Å². The number of hydrogen-bond acceptors (Lipinski definition) is 4. The molecule has 0 unspecified atom stereocenters. The molecule has 0 aliphatic heterocycles. The Labute approximate surface area is 152 Å². The Balaban J connectivity index is 1.85. The zero-order valence-electron chi connectivity index (χ0n) is 11.5. The number of nitrogens with one attached hydrogen (secondary N) is 2.